The number of hydrogen-bond donors (Lipinski definition) is 0. The molecule has 7 nitrogen and oxygen atoms in total. The van der Waals surface area contributed by atoms with Gasteiger partial charge in [0.25, 0.3) is 0 Å². The Morgan fingerprint density at radius 2 is 1.69 bits per heavy atom. The highest BCUT2D eigenvalue weighted by Crippen LogP contribution is 2.40. The number of rotatable bonds is 6. The van der Waals surface area contributed by atoms with Crippen LogP contribution in [-0.4, -0.2) is 29.9 Å². The van der Waals surface area contributed by atoms with E-state index in [1.807, 2.05) is 44.2 Å². The first kappa shape index (κ1) is 25.5. The minimum absolute atomic E-state index is 0.0656. The zero-order valence-corrected chi connectivity index (χ0v) is 23.0. The number of hydrogen-bond acceptors (Lipinski definition) is 5. The lowest BCUT2D eigenvalue weighted by Crippen LogP contribution is -2.25. The molecule has 4 aromatic rings. The van der Waals surface area contributed by atoms with Gasteiger partial charge in [0.05, 0.1) is 17.0 Å². The number of sulfonamides is 1. The maximum Gasteiger partial charge on any atom is 0.343 e. The third-order valence-electron chi connectivity index (χ3n) is 7.75. The van der Waals surface area contributed by atoms with Crippen molar-refractivity contribution >= 4 is 26.9 Å². The number of esters is 1. The molecule has 0 saturated heterocycles. The van der Waals surface area contributed by atoms with Gasteiger partial charge in [0, 0.05) is 30.7 Å². The number of ether oxygens (including phenoxy) is 1. The van der Waals surface area contributed by atoms with E-state index in [0.29, 0.717) is 23.4 Å². The molecule has 1 aliphatic heterocycles. The van der Waals surface area contributed by atoms with Crippen molar-refractivity contribution in [1.29, 1.82) is 0 Å². The van der Waals surface area contributed by atoms with Crippen molar-refractivity contribution in [2.45, 2.75) is 57.6 Å². The molecule has 2 aliphatic rings. The molecule has 0 spiro atoms. The number of aryl methyl sites for hydroxylation is 2. The highest BCUT2D eigenvalue weighted by molar-refractivity contribution is 7.89. The van der Waals surface area contributed by atoms with Crippen molar-refractivity contribution in [1.82, 2.24) is 8.87 Å². The fourth-order valence-electron chi connectivity index (χ4n) is 5.49. The molecule has 0 N–H and O–H groups in total. The summed E-state index contributed by atoms with van der Waals surface area (Å²) >= 11 is 0. The Morgan fingerprint density at radius 1 is 0.974 bits per heavy atom. The maximum absolute atomic E-state index is 13.3. The van der Waals surface area contributed by atoms with Gasteiger partial charge in [0.2, 0.25) is 15.5 Å². The zero-order valence-electron chi connectivity index (χ0n) is 22.2. The number of pyridine rings is 1. The lowest BCUT2D eigenvalue weighted by Gasteiger charge is -2.17. The number of benzene rings is 3. The maximum atomic E-state index is 13.3. The Kier molecular flexibility index (Phi) is 6.19. The summed E-state index contributed by atoms with van der Waals surface area (Å²) < 4.78 is 35.3. The van der Waals surface area contributed by atoms with Gasteiger partial charge in [-0.3, -0.25) is 4.79 Å². The van der Waals surface area contributed by atoms with Crippen LogP contribution in [0.15, 0.2) is 70.5 Å². The van der Waals surface area contributed by atoms with Gasteiger partial charge in [-0.05, 0) is 85.7 Å². The summed E-state index contributed by atoms with van der Waals surface area (Å²) in [5.74, 6) is -0.593. The molecule has 1 aromatic heterocycles. The van der Waals surface area contributed by atoms with Crippen molar-refractivity contribution in [3.8, 4) is 11.1 Å². The van der Waals surface area contributed by atoms with E-state index in [1.54, 1.807) is 31.3 Å². The quantitative estimate of drug-likeness (QED) is 0.300. The Bertz CT molecular complexity index is 1800. The van der Waals surface area contributed by atoms with E-state index >= 15 is 0 Å². The molecule has 1 aliphatic carbocycles. The number of aromatic nitrogens is 1. The van der Waals surface area contributed by atoms with E-state index in [-0.39, 0.29) is 23.6 Å². The van der Waals surface area contributed by atoms with E-state index in [9.17, 15) is 18.0 Å². The summed E-state index contributed by atoms with van der Waals surface area (Å²) in [5.41, 5.74) is 6.44. The topological polar surface area (TPSA) is 85.7 Å². The monoisotopic (exact) mass is 542 g/mol. The number of carbonyl (C=O) groups is 1. The summed E-state index contributed by atoms with van der Waals surface area (Å²) in [6.07, 6.45) is 3.65. The lowest BCUT2D eigenvalue weighted by molar-refractivity contribution is 0.0524. The summed E-state index contributed by atoms with van der Waals surface area (Å²) in [6.45, 7) is 6.51. The number of carbonyl (C=O) groups excluding carboxylic acids is 1. The van der Waals surface area contributed by atoms with Crippen LogP contribution >= 0.6 is 0 Å². The second-order valence-corrected chi connectivity index (χ2v) is 12.4. The minimum atomic E-state index is -3.61. The molecule has 0 unspecified atom stereocenters. The third kappa shape index (κ3) is 4.37. The van der Waals surface area contributed by atoms with E-state index in [0.717, 1.165) is 51.7 Å². The molecule has 1 fully saturated rings. The van der Waals surface area contributed by atoms with Gasteiger partial charge >= 0.3 is 5.97 Å². The van der Waals surface area contributed by atoms with Crippen molar-refractivity contribution in [2.75, 3.05) is 6.61 Å². The summed E-state index contributed by atoms with van der Waals surface area (Å²) in [5, 5.41) is 0.505. The SMILES string of the molecule is CCOC(=O)c1cn(C2CC2)c2c(C)c(-c3ccc4c(c3)CN(S(=O)(=O)c3ccc(C)cc3)C4)ccc2c1=O. The molecule has 0 bridgehead atoms. The summed E-state index contributed by atoms with van der Waals surface area (Å²) in [7, 11) is -3.61. The molecule has 6 rings (SSSR count). The van der Waals surface area contributed by atoms with Crippen LogP contribution in [0.2, 0.25) is 0 Å². The molecule has 2 heterocycles. The van der Waals surface area contributed by atoms with Crippen LogP contribution in [-0.2, 0) is 27.8 Å². The van der Waals surface area contributed by atoms with E-state index in [1.165, 1.54) is 4.31 Å². The smallest absolute Gasteiger partial charge is 0.343 e. The van der Waals surface area contributed by atoms with Gasteiger partial charge in [-0.1, -0.05) is 35.9 Å². The zero-order chi connectivity index (χ0) is 27.5. The van der Waals surface area contributed by atoms with E-state index < -0.39 is 16.0 Å². The molecule has 3 aromatic carbocycles. The predicted octanol–water partition coefficient (Wildman–Crippen LogP) is 5.50. The van der Waals surface area contributed by atoms with Crippen LogP contribution < -0.4 is 5.43 Å². The number of fused-ring (bicyclic) bond motifs is 2. The van der Waals surface area contributed by atoms with E-state index in [2.05, 4.69) is 10.6 Å². The van der Waals surface area contributed by atoms with Gasteiger partial charge in [-0.25, -0.2) is 13.2 Å². The van der Waals surface area contributed by atoms with Crippen LogP contribution in [0.1, 0.15) is 58.4 Å². The Hall–Kier alpha value is -3.75. The van der Waals surface area contributed by atoms with Crippen LogP contribution in [0.3, 0.4) is 0 Å². The van der Waals surface area contributed by atoms with Crippen molar-refractivity contribution < 1.29 is 17.9 Å². The average Bonchev–Trinajstić information content (AvgIpc) is 3.67. The molecule has 39 heavy (non-hydrogen) atoms. The van der Waals surface area contributed by atoms with Crippen LogP contribution in [0, 0.1) is 13.8 Å². The normalized spacial score (nSPS) is 15.5. The predicted molar refractivity (Wildman–Crippen MR) is 150 cm³/mol. The summed E-state index contributed by atoms with van der Waals surface area (Å²) in [4.78, 5) is 26.1. The van der Waals surface area contributed by atoms with Crippen LogP contribution in [0.25, 0.3) is 22.0 Å². The van der Waals surface area contributed by atoms with Gasteiger partial charge in [-0.2, -0.15) is 4.31 Å². The first-order chi connectivity index (χ1) is 18.7. The van der Waals surface area contributed by atoms with Crippen molar-refractivity contribution in [3.63, 3.8) is 0 Å². The molecule has 0 radical (unpaired) electrons. The van der Waals surface area contributed by atoms with Gasteiger partial charge in [0.1, 0.15) is 5.56 Å². The van der Waals surface area contributed by atoms with Crippen LogP contribution in [0.4, 0.5) is 0 Å². The molecule has 8 heteroatoms. The van der Waals surface area contributed by atoms with Gasteiger partial charge < -0.3 is 9.30 Å². The fraction of sp³-hybridized carbons (Fsp3) is 0.290. The van der Waals surface area contributed by atoms with Crippen molar-refractivity contribution in [2.24, 2.45) is 0 Å². The molecular weight excluding hydrogens is 512 g/mol. The second kappa shape index (κ2) is 9.47. The highest BCUT2D eigenvalue weighted by atomic mass is 32.2. The molecule has 0 amide bonds. The van der Waals surface area contributed by atoms with Gasteiger partial charge in [-0.15, -0.1) is 0 Å². The van der Waals surface area contributed by atoms with Crippen molar-refractivity contribution in [3.05, 3.63) is 98.8 Å². The highest BCUT2D eigenvalue weighted by Gasteiger charge is 2.31. The molecule has 0 atom stereocenters. The minimum Gasteiger partial charge on any atom is -0.462 e. The Labute approximate surface area is 227 Å². The Morgan fingerprint density at radius 3 is 2.38 bits per heavy atom. The fourth-order valence-corrected chi connectivity index (χ4v) is 6.89. The summed E-state index contributed by atoms with van der Waals surface area (Å²) in [6, 6.07) is 17.0. The van der Waals surface area contributed by atoms with E-state index in [4.69, 9.17) is 4.74 Å². The standard InChI is InChI=1S/C31H30N2O5S/c1-4-38-31(35)28-18-33(24-9-10-24)29-20(3)26(13-14-27(29)30(28)34)21-7-8-22-16-32(17-23(22)15-21)39(36,37)25-11-5-19(2)6-12-25/h5-8,11-15,18,24H,4,9-10,16-17H2,1-3H3. The largest absolute Gasteiger partial charge is 0.462 e. The first-order valence-electron chi connectivity index (χ1n) is 13.2. The average molecular weight is 543 g/mol. The lowest BCUT2D eigenvalue weighted by atomic mass is 9.94. The van der Waals surface area contributed by atoms with Crippen LogP contribution in [0.5, 0.6) is 0 Å². The third-order valence-corrected chi connectivity index (χ3v) is 9.56. The molecule has 200 valence electrons. The second-order valence-electron chi connectivity index (χ2n) is 10.4. The molecular formula is C31H30N2O5S. The Balaban J connectivity index is 1.39. The molecule has 1 saturated carbocycles. The van der Waals surface area contributed by atoms with Gasteiger partial charge in [0.15, 0.2) is 0 Å². The first-order valence-corrected chi connectivity index (χ1v) is 14.7. The number of nitrogens with zero attached hydrogens (tertiary/aromatic N) is 2.